The van der Waals surface area contributed by atoms with Gasteiger partial charge in [-0.05, 0) is 32.8 Å². The Balaban J connectivity index is 1.32. The molecule has 0 amide bonds. The van der Waals surface area contributed by atoms with Crippen LogP contribution in [0, 0.1) is 0 Å². The predicted octanol–water partition coefficient (Wildman–Crippen LogP) is 2.27. The first-order valence-electron chi connectivity index (χ1n) is 9.77. The third kappa shape index (κ3) is 3.42. The molecule has 150 valence electrons. The van der Waals surface area contributed by atoms with Gasteiger partial charge in [0.25, 0.3) is 0 Å². The van der Waals surface area contributed by atoms with Crippen LogP contribution in [0.3, 0.4) is 0 Å². The van der Waals surface area contributed by atoms with E-state index >= 15 is 0 Å². The van der Waals surface area contributed by atoms with Crippen LogP contribution in [0.2, 0.25) is 0 Å². The summed E-state index contributed by atoms with van der Waals surface area (Å²) in [5.74, 6) is 0.475. The summed E-state index contributed by atoms with van der Waals surface area (Å²) >= 11 is 0. The van der Waals surface area contributed by atoms with E-state index in [9.17, 15) is 5.11 Å². The first-order chi connectivity index (χ1) is 13.9. The van der Waals surface area contributed by atoms with Crippen LogP contribution >= 0.6 is 0 Å². The topological polar surface area (TPSA) is 111 Å². The molecule has 2 aliphatic heterocycles. The summed E-state index contributed by atoms with van der Waals surface area (Å²) < 4.78 is 6.14. The van der Waals surface area contributed by atoms with Crippen molar-refractivity contribution in [3.05, 3.63) is 36.8 Å². The Labute approximate surface area is 168 Å². The van der Waals surface area contributed by atoms with Crippen molar-refractivity contribution in [3.63, 3.8) is 0 Å². The van der Waals surface area contributed by atoms with Crippen LogP contribution in [0.15, 0.2) is 36.8 Å². The van der Waals surface area contributed by atoms with E-state index in [4.69, 9.17) is 4.74 Å². The van der Waals surface area contributed by atoms with E-state index in [0.717, 1.165) is 12.8 Å². The number of nitrogens with zero attached hydrogens (tertiary/aromatic N) is 6. The molecule has 2 fully saturated rings. The molecule has 9 nitrogen and oxygen atoms in total. The highest BCUT2D eigenvalue weighted by molar-refractivity contribution is 5.63. The molecule has 5 heterocycles. The van der Waals surface area contributed by atoms with Gasteiger partial charge in [-0.2, -0.15) is 10.2 Å². The Hall–Kier alpha value is -3.07. The van der Waals surface area contributed by atoms with Crippen molar-refractivity contribution in [3.8, 4) is 28.7 Å². The molecule has 0 spiro atoms. The molecule has 0 aromatic carbocycles. The molecule has 2 saturated heterocycles. The van der Waals surface area contributed by atoms with Gasteiger partial charge in [0.1, 0.15) is 28.9 Å². The number of aromatic hydroxyl groups is 1. The van der Waals surface area contributed by atoms with Gasteiger partial charge in [-0.1, -0.05) is 0 Å². The zero-order valence-corrected chi connectivity index (χ0v) is 16.4. The molecule has 9 heteroatoms. The molecule has 2 N–H and O–H groups in total. The molecule has 3 aromatic rings. The highest BCUT2D eigenvalue weighted by atomic mass is 16.5. The summed E-state index contributed by atoms with van der Waals surface area (Å²) in [6.07, 6.45) is 9.06. The van der Waals surface area contributed by atoms with Crippen LogP contribution in [-0.4, -0.2) is 52.5 Å². The lowest BCUT2D eigenvalue weighted by atomic mass is 9.86. The zero-order valence-electron chi connectivity index (χ0n) is 16.4. The largest absolute Gasteiger partial charge is 0.506 e. The first kappa shape index (κ1) is 18.0. The normalized spacial score (nSPS) is 28.4. The highest BCUT2D eigenvalue weighted by Crippen LogP contribution is 2.43. The minimum absolute atomic E-state index is 0.0152. The van der Waals surface area contributed by atoms with Crippen molar-refractivity contribution < 1.29 is 9.84 Å². The SMILES string of the molecule is CC12CCC(C)(CC(Oc3ccc(-c4ncc(-n5nccn5)cc4O)nn3)C1)N2. The molecule has 2 aliphatic rings. The molecule has 0 saturated carbocycles. The third-order valence-corrected chi connectivity index (χ3v) is 5.86. The quantitative estimate of drug-likeness (QED) is 0.694. The molecular weight excluding hydrogens is 370 g/mol. The van der Waals surface area contributed by atoms with Gasteiger partial charge in [-0.15, -0.1) is 15.0 Å². The smallest absolute Gasteiger partial charge is 0.233 e. The number of hydrogen-bond donors (Lipinski definition) is 2. The van der Waals surface area contributed by atoms with Gasteiger partial charge >= 0.3 is 0 Å². The average molecular weight is 393 g/mol. The summed E-state index contributed by atoms with van der Waals surface area (Å²) in [5, 5.41) is 30.6. The van der Waals surface area contributed by atoms with Crippen LogP contribution in [0.4, 0.5) is 0 Å². The van der Waals surface area contributed by atoms with Gasteiger partial charge < -0.3 is 15.2 Å². The molecule has 3 aromatic heterocycles. The standard InChI is InChI=1S/C20H23N7O2/c1-19-5-6-20(2,26-19)11-14(10-19)29-17-4-3-15(24-25-17)18-16(28)9-13(12-21-18)27-22-7-8-23-27/h3-4,7-9,12,14,26,28H,5-6,10-11H2,1-2H3. The van der Waals surface area contributed by atoms with Gasteiger partial charge in [0.15, 0.2) is 0 Å². The van der Waals surface area contributed by atoms with E-state index in [1.54, 1.807) is 36.8 Å². The van der Waals surface area contributed by atoms with E-state index in [0.29, 0.717) is 23.0 Å². The van der Waals surface area contributed by atoms with E-state index in [-0.39, 0.29) is 22.9 Å². The number of pyridine rings is 1. The second-order valence-electron chi connectivity index (χ2n) is 8.53. The molecule has 2 bridgehead atoms. The summed E-state index contributed by atoms with van der Waals surface area (Å²) in [7, 11) is 0. The van der Waals surface area contributed by atoms with Gasteiger partial charge in [-0.25, -0.2) is 4.98 Å². The number of hydrogen-bond acceptors (Lipinski definition) is 8. The second-order valence-corrected chi connectivity index (χ2v) is 8.53. The molecule has 0 aliphatic carbocycles. The average Bonchev–Trinajstić information content (AvgIpc) is 3.28. The lowest BCUT2D eigenvalue weighted by molar-refractivity contribution is 0.0754. The maximum Gasteiger partial charge on any atom is 0.233 e. The van der Waals surface area contributed by atoms with Crippen molar-refractivity contribution in [2.75, 3.05) is 0 Å². The minimum atomic E-state index is -0.0152. The fourth-order valence-electron chi connectivity index (χ4n) is 4.65. The molecule has 2 unspecified atom stereocenters. The summed E-state index contributed by atoms with van der Waals surface area (Å²) in [6.45, 7) is 4.53. The van der Waals surface area contributed by atoms with E-state index in [1.165, 1.54) is 17.6 Å². The van der Waals surface area contributed by atoms with Crippen LogP contribution in [0.1, 0.15) is 39.5 Å². The monoisotopic (exact) mass is 393 g/mol. The number of ether oxygens (including phenoxy) is 1. The number of nitrogens with one attached hydrogen (secondary N) is 1. The number of fused-ring (bicyclic) bond motifs is 2. The zero-order chi connectivity index (χ0) is 20.1. The molecule has 29 heavy (non-hydrogen) atoms. The van der Waals surface area contributed by atoms with Gasteiger partial charge in [0.05, 0.1) is 18.6 Å². The Morgan fingerprint density at radius 3 is 2.45 bits per heavy atom. The van der Waals surface area contributed by atoms with E-state index < -0.39 is 0 Å². The fraction of sp³-hybridized carbons (Fsp3) is 0.450. The lowest BCUT2D eigenvalue weighted by Gasteiger charge is -2.41. The van der Waals surface area contributed by atoms with Crippen molar-refractivity contribution in [1.29, 1.82) is 0 Å². The Bertz CT molecular complexity index is 1010. The first-order valence-corrected chi connectivity index (χ1v) is 9.77. The summed E-state index contributed by atoms with van der Waals surface area (Å²) in [5.41, 5.74) is 1.64. The van der Waals surface area contributed by atoms with E-state index in [1.807, 2.05) is 0 Å². The summed E-state index contributed by atoms with van der Waals surface area (Å²) in [6, 6.07) is 5.08. The second kappa shape index (κ2) is 6.48. The molecule has 0 radical (unpaired) electrons. The Morgan fingerprint density at radius 2 is 1.83 bits per heavy atom. The maximum absolute atomic E-state index is 10.4. The van der Waals surface area contributed by atoms with Gasteiger partial charge in [-0.3, -0.25) is 0 Å². The number of piperidine rings is 1. The maximum atomic E-state index is 10.4. The number of aromatic nitrogens is 6. The number of rotatable bonds is 4. The van der Waals surface area contributed by atoms with Crippen LogP contribution < -0.4 is 10.1 Å². The Morgan fingerprint density at radius 1 is 1.10 bits per heavy atom. The predicted molar refractivity (Wildman–Crippen MR) is 105 cm³/mol. The third-order valence-electron chi connectivity index (χ3n) is 5.86. The minimum Gasteiger partial charge on any atom is -0.506 e. The van der Waals surface area contributed by atoms with E-state index in [2.05, 4.69) is 44.5 Å². The molecule has 2 atom stereocenters. The lowest BCUT2D eigenvalue weighted by Crippen LogP contribution is -2.56. The Kier molecular flexibility index (Phi) is 4.02. The van der Waals surface area contributed by atoms with Crippen molar-refractivity contribution in [2.45, 2.75) is 56.7 Å². The van der Waals surface area contributed by atoms with Gasteiger partial charge in [0.2, 0.25) is 5.88 Å². The molecular formula is C20H23N7O2. The van der Waals surface area contributed by atoms with Crippen molar-refractivity contribution in [2.24, 2.45) is 0 Å². The van der Waals surface area contributed by atoms with Crippen LogP contribution in [0.5, 0.6) is 11.6 Å². The van der Waals surface area contributed by atoms with Crippen LogP contribution in [0.25, 0.3) is 17.1 Å². The van der Waals surface area contributed by atoms with Crippen LogP contribution in [-0.2, 0) is 0 Å². The van der Waals surface area contributed by atoms with Gasteiger partial charge in [0, 0.05) is 36.1 Å². The highest BCUT2D eigenvalue weighted by Gasteiger charge is 2.49. The molecule has 5 rings (SSSR count). The summed E-state index contributed by atoms with van der Waals surface area (Å²) in [4.78, 5) is 5.67. The fourth-order valence-corrected chi connectivity index (χ4v) is 4.65. The van der Waals surface area contributed by atoms with Crippen molar-refractivity contribution in [1.82, 2.24) is 35.5 Å². The van der Waals surface area contributed by atoms with Crippen molar-refractivity contribution >= 4 is 0 Å².